The maximum atomic E-state index is 5.12. The molecular weight excluding hydrogens is 218 g/mol. The van der Waals surface area contributed by atoms with Gasteiger partial charge in [-0.05, 0) is 13.5 Å². The topological polar surface area (TPSA) is 56.3 Å². The Kier molecular flexibility index (Phi) is 5.69. The Morgan fingerprint density at radius 3 is 2.24 bits per heavy atom. The van der Waals surface area contributed by atoms with Crippen molar-refractivity contribution in [3.63, 3.8) is 0 Å². The van der Waals surface area contributed by atoms with E-state index in [1.807, 2.05) is 7.05 Å². The van der Waals surface area contributed by atoms with Crippen molar-refractivity contribution >= 4 is 0 Å². The number of aromatic nitrogens is 2. The highest BCUT2D eigenvalue weighted by molar-refractivity contribution is 5.21. The molecule has 0 saturated carbocycles. The largest absolute Gasteiger partial charge is 0.481 e. The molecule has 0 saturated heterocycles. The molecule has 17 heavy (non-hydrogen) atoms. The van der Waals surface area contributed by atoms with Gasteiger partial charge in [0, 0.05) is 12.5 Å². The first-order valence-electron chi connectivity index (χ1n) is 5.86. The standard InChI is InChI=1S/C12H21N3O2/c1-5-6-9(13-2)7-10-14-11(16-3)8-12(15-10)17-4/h8-9,13H,5-7H2,1-4H3. The predicted molar refractivity (Wildman–Crippen MR) is 66.6 cm³/mol. The van der Waals surface area contributed by atoms with Gasteiger partial charge in [0.15, 0.2) is 0 Å². The lowest BCUT2D eigenvalue weighted by Crippen LogP contribution is -2.28. The zero-order chi connectivity index (χ0) is 12.7. The molecule has 1 heterocycles. The van der Waals surface area contributed by atoms with Crippen molar-refractivity contribution in [1.82, 2.24) is 15.3 Å². The fourth-order valence-electron chi connectivity index (χ4n) is 1.67. The van der Waals surface area contributed by atoms with E-state index in [0.29, 0.717) is 17.8 Å². The summed E-state index contributed by atoms with van der Waals surface area (Å²) >= 11 is 0. The van der Waals surface area contributed by atoms with E-state index in [-0.39, 0.29) is 0 Å². The van der Waals surface area contributed by atoms with Crippen molar-refractivity contribution in [3.8, 4) is 11.8 Å². The van der Waals surface area contributed by atoms with Crippen LogP contribution in [0, 0.1) is 0 Å². The van der Waals surface area contributed by atoms with Gasteiger partial charge >= 0.3 is 0 Å². The SMILES string of the molecule is CCCC(Cc1nc(OC)cc(OC)n1)NC. The van der Waals surface area contributed by atoms with Crippen LogP contribution < -0.4 is 14.8 Å². The van der Waals surface area contributed by atoms with Crippen LogP contribution in [0.1, 0.15) is 25.6 Å². The summed E-state index contributed by atoms with van der Waals surface area (Å²) in [4.78, 5) is 8.63. The van der Waals surface area contributed by atoms with E-state index < -0.39 is 0 Å². The molecule has 1 rings (SSSR count). The molecule has 5 heteroatoms. The second-order valence-corrected chi connectivity index (χ2v) is 3.85. The Balaban J connectivity index is 2.81. The Hall–Kier alpha value is -1.36. The maximum Gasteiger partial charge on any atom is 0.220 e. The number of nitrogens with one attached hydrogen (secondary N) is 1. The Morgan fingerprint density at radius 1 is 1.24 bits per heavy atom. The summed E-state index contributed by atoms with van der Waals surface area (Å²) in [5, 5.41) is 3.26. The third-order valence-electron chi connectivity index (χ3n) is 2.62. The molecule has 1 N–H and O–H groups in total. The zero-order valence-corrected chi connectivity index (χ0v) is 11.0. The van der Waals surface area contributed by atoms with Crippen LogP contribution in [-0.4, -0.2) is 37.3 Å². The smallest absolute Gasteiger partial charge is 0.220 e. The summed E-state index contributed by atoms with van der Waals surface area (Å²) in [7, 11) is 5.14. The van der Waals surface area contributed by atoms with Crippen molar-refractivity contribution in [2.75, 3.05) is 21.3 Å². The molecule has 1 unspecified atom stereocenters. The number of hydrogen-bond acceptors (Lipinski definition) is 5. The molecule has 0 amide bonds. The van der Waals surface area contributed by atoms with E-state index in [2.05, 4.69) is 22.2 Å². The van der Waals surface area contributed by atoms with Crippen LogP contribution in [0.3, 0.4) is 0 Å². The van der Waals surface area contributed by atoms with E-state index in [9.17, 15) is 0 Å². The molecule has 1 aromatic rings. The van der Waals surface area contributed by atoms with Gasteiger partial charge in [0.2, 0.25) is 11.8 Å². The minimum atomic E-state index is 0.386. The fraction of sp³-hybridized carbons (Fsp3) is 0.667. The lowest BCUT2D eigenvalue weighted by molar-refractivity contribution is 0.365. The number of rotatable bonds is 7. The van der Waals surface area contributed by atoms with Crippen molar-refractivity contribution in [2.45, 2.75) is 32.2 Å². The molecule has 5 nitrogen and oxygen atoms in total. The molecule has 1 atom stereocenters. The third kappa shape index (κ3) is 4.19. The van der Waals surface area contributed by atoms with Crippen molar-refractivity contribution in [1.29, 1.82) is 0 Å². The number of hydrogen-bond donors (Lipinski definition) is 1. The highest BCUT2D eigenvalue weighted by Gasteiger charge is 2.11. The van der Waals surface area contributed by atoms with Gasteiger partial charge in [-0.25, -0.2) is 0 Å². The zero-order valence-electron chi connectivity index (χ0n) is 11.0. The van der Waals surface area contributed by atoms with Gasteiger partial charge in [0.25, 0.3) is 0 Å². The van der Waals surface area contributed by atoms with Crippen molar-refractivity contribution in [2.24, 2.45) is 0 Å². The van der Waals surface area contributed by atoms with Crippen LogP contribution in [0.5, 0.6) is 11.8 Å². The molecule has 0 fully saturated rings. The second-order valence-electron chi connectivity index (χ2n) is 3.85. The molecule has 1 aromatic heterocycles. The molecule has 0 aromatic carbocycles. The normalized spacial score (nSPS) is 12.2. The minimum absolute atomic E-state index is 0.386. The van der Waals surface area contributed by atoms with E-state index in [4.69, 9.17) is 9.47 Å². The first-order valence-corrected chi connectivity index (χ1v) is 5.86. The summed E-state index contributed by atoms with van der Waals surface area (Å²) < 4.78 is 10.2. The highest BCUT2D eigenvalue weighted by Crippen LogP contribution is 2.16. The summed E-state index contributed by atoms with van der Waals surface area (Å²) in [6.07, 6.45) is 3.00. The van der Waals surface area contributed by atoms with Crippen LogP contribution in [-0.2, 0) is 6.42 Å². The van der Waals surface area contributed by atoms with Crippen molar-refractivity contribution in [3.05, 3.63) is 11.9 Å². The van der Waals surface area contributed by atoms with E-state index in [1.165, 1.54) is 0 Å². The fourth-order valence-corrected chi connectivity index (χ4v) is 1.67. The maximum absolute atomic E-state index is 5.12. The van der Waals surface area contributed by atoms with Gasteiger partial charge in [-0.1, -0.05) is 13.3 Å². The van der Waals surface area contributed by atoms with Gasteiger partial charge in [0.1, 0.15) is 5.82 Å². The summed E-state index contributed by atoms with van der Waals surface area (Å²) in [5.41, 5.74) is 0. The van der Waals surface area contributed by atoms with Crippen LogP contribution in [0.25, 0.3) is 0 Å². The first kappa shape index (κ1) is 13.7. The Bertz CT molecular complexity index is 322. The quantitative estimate of drug-likeness (QED) is 0.780. The third-order valence-corrected chi connectivity index (χ3v) is 2.62. The van der Waals surface area contributed by atoms with Crippen molar-refractivity contribution < 1.29 is 9.47 Å². The molecule has 0 aliphatic heterocycles. The van der Waals surface area contributed by atoms with Crippen LogP contribution in [0.15, 0.2) is 6.07 Å². The highest BCUT2D eigenvalue weighted by atomic mass is 16.5. The van der Waals surface area contributed by atoms with E-state index >= 15 is 0 Å². The van der Waals surface area contributed by atoms with E-state index in [0.717, 1.165) is 25.1 Å². The minimum Gasteiger partial charge on any atom is -0.481 e. The van der Waals surface area contributed by atoms with Crippen LogP contribution >= 0.6 is 0 Å². The lowest BCUT2D eigenvalue weighted by atomic mass is 10.1. The van der Waals surface area contributed by atoms with Gasteiger partial charge < -0.3 is 14.8 Å². The monoisotopic (exact) mass is 239 g/mol. The molecule has 0 aliphatic carbocycles. The number of nitrogens with zero attached hydrogens (tertiary/aromatic N) is 2. The van der Waals surface area contributed by atoms with Gasteiger partial charge in [-0.3, -0.25) is 0 Å². The Morgan fingerprint density at radius 2 is 1.82 bits per heavy atom. The lowest BCUT2D eigenvalue weighted by Gasteiger charge is -2.14. The summed E-state index contributed by atoms with van der Waals surface area (Å²) in [6, 6.07) is 2.06. The average molecular weight is 239 g/mol. The summed E-state index contributed by atoms with van der Waals surface area (Å²) in [6.45, 7) is 2.16. The van der Waals surface area contributed by atoms with Gasteiger partial charge in [-0.2, -0.15) is 9.97 Å². The molecule has 96 valence electrons. The average Bonchev–Trinajstić information content (AvgIpc) is 2.37. The van der Waals surface area contributed by atoms with E-state index in [1.54, 1.807) is 20.3 Å². The van der Waals surface area contributed by atoms with Crippen LogP contribution in [0.4, 0.5) is 0 Å². The van der Waals surface area contributed by atoms with Gasteiger partial charge in [-0.15, -0.1) is 0 Å². The first-order chi connectivity index (χ1) is 8.23. The Labute approximate surface area is 103 Å². The molecular formula is C12H21N3O2. The predicted octanol–water partition coefficient (Wildman–Crippen LogP) is 1.42. The summed E-state index contributed by atoms with van der Waals surface area (Å²) in [5.74, 6) is 1.82. The molecule has 0 radical (unpaired) electrons. The molecule has 0 spiro atoms. The molecule has 0 aliphatic rings. The number of likely N-dealkylation sites (N-methyl/N-ethyl adjacent to an activating group) is 1. The number of ether oxygens (including phenoxy) is 2. The number of methoxy groups -OCH3 is 2. The van der Waals surface area contributed by atoms with Gasteiger partial charge in [0.05, 0.1) is 20.3 Å². The second kappa shape index (κ2) is 7.06. The molecule has 0 bridgehead atoms. The van der Waals surface area contributed by atoms with Crippen LogP contribution in [0.2, 0.25) is 0 Å².